The van der Waals surface area contributed by atoms with E-state index in [0.29, 0.717) is 19.3 Å². The molecular weight excluding hydrogens is 925 g/mol. The Balaban J connectivity index is 4.31. The van der Waals surface area contributed by atoms with E-state index >= 15 is 0 Å². The number of carbonyl (C=O) groups is 3. The zero-order valence-corrected chi connectivity index (χ0v) is 50.6. The van der Waals surface area contributed by atoms with Crippen LogP contribution in [0.25, 0.3) is 0 Å². The predicted octanol–water partition coefficient (Wildman–Crippen LogP) is 22.8. The van der Waals surface area contributed by atoms with E-state index in [1.165, 1.54) is 257 Å². The summed E-state index contributed by atoms with van der Waals surface area (Å²) in [5, 5.41) is 0. The number of unbranched alkanes of at least 4 members (excludes halogenated alkanes) is 45. The second kappa shape index (κ2) is 64.2. The van der Waals surface area contributed by atoms with Gasteiger partial charge < -0.3 is 14.2 Å². The van der Waals surface area contributed by atoms with Crippen molar-refractivity contribution in [3.05, 3.63) is 36.5 Å². The molecule has 0 spiro atoms. The van der Waals surface area contributed by atoms with Gasteiger partial charge in [-0.1, -0.05) is 308 Å². The van der Waals surface area contributed by atoms with Crippen LogP contribution in [0.15, 0.2) is 36.5 Å². The van der Waals surface area contributed by atoms with Crippen LogP contribution in [0, 0.1) is 0 Å². The van der Waals surface area contributed by atoms with Gasteiger partial charge in [0.05, 0.1) is 0 Å². The maximum Gasteiger partial charge on any atom is 0.306 e. The number of carbonyl (C=O) groups excluding carboxylic acids is 3. The van der Waals surface area contributed by atoms with Crippen LogP contribution in [-0.2, 0) is 28.6 Å². The van der Waals surface area contributed by atoms with Crippen molar-refractivity contribution in [2.24, 2.45) is 0 Å². The number of rotatable bonds is 62. The Labute approximate surface area is 467 Å². The van der Waals surface area contributed by atoms with E-state index in [0.717, 1.165) is 70.6 Å². The molecule has 0 saturated carbocycles. The molecule has 440 valence electrons. The predicted molar refractivity (Wildman–Crippen MR) is 326 cm³/mol. The van der Waals surface area contributed by atoms with Crippen LogP contribution in [0.2, 0.25) is 0 Å². The molecule has 0 aliphatic carbocycles. The molecule has 0 bridgehead atoms. The second-order valence-corrected chi connectivity index (χ2v) is 22.7. The summed E-state index contributed by atoms with van der Waals surface area (Å²) in [4.78, 5) is 38.4. The Morgan fingerprint density at radius 1 is 0.267 bits per heavy atom. The molecular formula is C69H128O6. The van der Waals surface area contributed by atoms with Crippen molar-refractivity contribution in [3.8, 4) is 0 Å². The summed E-state index contributed by atoms with van der Waals surface area (Å²) in [6, 6.07) is 0. The molecule has 1 atom stereocenters. The first-order valence-electron chi connectivity index (χ1n) is 33.5. The van der Waals surface area contributed by atoms with Gasteiger partial charge in [-0.3, -0.25) is 14.4 Å². The number of esters is 3. The van der Waals surface area contributed by atoms with Gasteiger partial charge in [0.15, 0.2) is 6.10 Å². The number of hydrogen-bond donors (Lipinski definition) is 0. The van der Waals surface area contributed by atoms with Crippen LogP contribution in [-0.4, -0.2) is 37.2 Å². The molecule has 1 unspecified atom stereocenters. The summed E-state index contributed by atoms with van der Waals surface area (Å²) in [6.07, 6.45) is 78.7. The number of ether oxygens (including phenoxy) is 3. The van der Waals surface area contributed by atoms with Crippen molar-refractivity contribution in [1.29, 1.82) is 0 Å². The lowest BCUT2D eigenvalue weighted by Gasteiger charge is -2.18. The molecule has 0 radical (unpaired) electrons. The molecule has 6 heteroatoms. The van der Waals surface area contributed by atoms with E-state index in [9.17, 15) is 14.4 Å². The maximum atomic E-state index is 12.9. The Bertz CT molecular complexity index is 1250. The minimum absolute atomic E-state index is 0.0709. The van der Waals surface area contributed by atoms with Gasteiger partial charge in [0.25, 0.3) is 0 Å². The third kappa shape index (κ3) is 62.4. The Kier molecular flexibility index (Phi) is 62.1. The number of allylic oxidation sites excluding steroid dienone is 6. The quantitative estimate of drug-likeness (QED) is 0.0261. The van der Waals surface area contributed by atoms with Gasteiger partial charge >= 0.3 is 17.9 Å². The van der Waals surface area contributed by atoms with E-state index in [4.69, 9.17) is 14.2 Å². The van der Waals surface area contributed by atoms with Crippen LogP contribution in [0.1, 0.15) is 367 Å². The third-order valence-electron chi connectivity index (χ3n) is 15.1. The maximum absolute atomic E-state index is 12.9. The molecule has 0 saturated heterocycles. The van der Waals surface area contributed by atoms with Crippen LogP contribution >= 0.6 is 0 Å². The van der Waals surface area contributed by atoms with Gasteiger partial charge in [-0.15, -0.1) is 0 Å². The molecule has 0 aliphatic heterocycles. The molecule has 0 heterocycles. The second-order valence-electron chi connectivity index (χ2n) is 22.7. The standard InChI is InChI=1S/C69H128O6/c1-4-7-10-13-16-19-22-25-28-31-33-34-35-36-37-39-41-44-47-50-53-56-59-62-68(71)74-65-66(64-73-67(70)61-58-55-52-49-46-43-40-30-27-24-21-18-15-12-9-6-3)75-69(72)63-60-57-54-51-48-45-42-38-32-29-26-23-20-17-14-11-8-5-2/h20,23,29,31-33,66H,4-19,21-22,24-28,30,34-65H2,1-3H3/b23-20-,32-29-,33-31-. The lowest BCUT2D eigenvalue weighted by atomic mass is 10.0. The lowest BCUT2D eigenvalue weighted by molar-refractivity contribution is -0.167. The Morgan fingerprint density at radius 3 is 0.760 bits per heavy atom. The highest BCUT2D eigenvalue weighted by Crippen LogP contribution is 2.18. The lowest BCUT2D eigenvalue weighted by Crippen LogP contribution is -2.30. The van der Waals surface area contributed by atoms with Crippen molar-refractivity contribution in [3.63, 3.8) is 0 Å². The summed E-state index contributed by atoms with van der Waals surface area (Å²) in [6.45, 7) is 6.68. The third-order valence-corrected chi connectivity index (χ3v) is 15.1. The highest BCUT2D eigenvalue weighted by Gasteiger charge is 2.19. The van der Waals surface area contributed by atoms with Crippen LogP contribution in [0.3, 0.4) is 0 Å². The first kappa shape index (κ1) is 72.6. The van der Waals surface area contributed by atoms with Crippen LogP contribution < -0.4 is 0 Å². The first-order chi connectivity index (χ1) is 37.0. The fourth-order valence-electron chi connectivity index (χ4n) is 10.1. The largest absolute Gasteiger partial charge is 0.462 e. The van der Waals surface area contributed by atoms with Gasteiger partial charge in [-0.05, 0) is 77.0 Å². The molecule has 0 amide bonds. The zero-order valence-electron chi connectivity index (χ0n) is 50.6. The average Bonchev–Trinajstić information content (AvgIpc) is 3.41. The highest BCUT2D eigenvalue weighted by atomic mass is 16.6. The summed E-state index contributed by atoms with van der Waals surface area (Å²) < 4.78 is 17.0. The van der Waals surface area contributed by atoms with Crippen molar-refractivity contribution < 1.29 is 28.6 Å². The monoisotopic (exact) mass is 1050 g/mol. The normalized spacial score (nSPS) is 12.2. The highest BCUT2D eigenvalue weighted by molar-refractivity contribution is 5.71. The molecule has 0 fully saturated rings. The summed E-state index contributed by atoms with van der Waals surface area (Å²) in [5.41, 5.74) is 0. The van der Waals surface area contributed by atoms with E-state index in [1.807, 2.05) is 0 Å². The topological polar surface area (TPSA) is 78.9 Å². The van der Waals surface area contributed by atoms with Gasteiger partial charge in [0, 0.05) is 19.3 Å². The molecule has 0 aromatic carbocycles. The van der Waals surface area contributed by atoms with Crippen molar-refractivity contribution >= 4 is 17.9 Å². The summed E-state index contributed by atoms with van der Waals surface area (Å²) in [7, 11) is 0. The molecule has 0 aliphatic rings. The van der Waals surface area contributed by atoms with E-state index in [1.54, 1.807) is 0 Å². The average molecular weight is 1050 g/mol. The smallest absolute Gasteiger partial charge is 0.306 e. The minimum Gasteiger partial charge on any atom is -0.462 e. The SMILES string of the molecule is CCCCCC/C=C\C/C=C\CCCCCCCCCC(=O)OC(COC(=O)CCCCCCCCCCCCC/C=C\CCCCCCCCCC)COC(=O)CCCCCCCCCCCCCCCCCC. The fraction of sp³-hybridized carbons (Fsp3) is 0.870. The summed E-state index contributed by atoms with van der Waals surface area (Å²) in [5.74, 6) is -0.853. The van der Waals surface area contributed by atoms with Gasteiger partial charge in [-0.2, -0.15) is 0 Å². The molecule has 0 N–H and O–H groups in total. The van der Waals surface area contributed by atoms with E-state index in [2.05, 4.69) is 57.2 Å². The van der Waals surface area contributed by atoms with Crippen LogP contribution in [0.4, 0.5) is 0 Å². The van der Waals surface area contributed by atoms with Crippen molar-refractivity contribution in [2.45, 2.75) is 374 Å². The zero-order chi connectivity index (χ0) is 54.3. The van der Waals surface area contributed by atoms with Gasteiger partial charge in [0.2, 0.25) is 0 Å². The fourth-order valence-corrected chi connectivity index (χ4v) is 10.1. The van der Waals surface area contributed by atoms with Crippen LogP contribution in [0.5, 0.6) is 0 Å². The van der Waals surface area contributed by atoms with Gasteiger partial charge in [-0.25, -0.2) is 0 Å². The number of hydrogen-bond acceptors (Lipinski definition) is 6. The first-order valence-corrected chi connectivity index (χ1v) is 33.5. The van der Waals surface area contributed by atoms with Crippen molar-refractivity contribution in [1.82, 2.24) is 0 Å². The summed E-state index contributed by atoms with van der Waals surface area (Å²) >= 11 is 0. The Hall–Kier alpha value is -2.37. The van der Waals surface area contributed by atoms with Crippen molar-refractivity contribution in [2.75, 3.05) is 13.2 Å². The molecule has 6 nitrogen and oxygen atoms in total. The Morgan fingerprint density at radius 2 is 0.480 bits per heavy atom. The molecule has 0 rings (SSSR count). The molecule has 0 aromatic rings. The van der Waals surface area contributed by atoms with E-state index < -0.39 is 6.10 Å². The van der Waals surface area contributed by atoms with E-state index in [-0.39, 0.29) is 31.1 Å². The minimum atomic E-state index is -0.775. The van der Waals surface area contributed by atoms with Gasteiger partial charge in [0.1, 0.15) is 13.2 Å². The molecule has 75 heavy (non-hydrogen) atoms. The molecule has 0 aromatic heterocycles.